The molecule has 1 fully saturated rings. The minimum Gasteiger partial charge on any atom is -0.465 e. The fraction of sp³-hybridized carbons (Fsp3) is 0.625. The van der Waals surface area contributed by atoms with Gasteiger partial charge in [-0.15, -0.1) is 0 Å². The Kier molecular flexibility index (Phi) is 2.00. The minimum atomic E-state index is -0.757. The number of esters is 1. The van der Waals surface area contributed by atoms with Crippen molar-refractivity contribution in [2.24, 2.45) is 5.73 Å². The van der Waals surface area contributed by atoms with Gasteiger partial charge in [0.25, 0.3) is 0 Å². The fourth-order valence-corrected chi connectivity index (χ4v) is 1.26. The minimum absolute atomic E-state index is 0.299. The third-order valence-corrected chi connectivity index (χ3v) is 1.81. The molecule has 0 heterocycles. The van der Waals surface area contributed by atoms with Crippen molar-refractivity contribution >= 4 is 5.97 Å². The van der Waals surface area contributed by atoms with Crippen LogP contribution >= 0.6 is 0 Å². The lowest BCUT2D eigenvalue weighted by Crippen LogP contribution is -2.55. The monoisotopic (exact) mass is 155 g/mol. The third-order valence-electron chi connectivity index (χ3n) is 1.81. The van der Waals surface area contributed by atoms with Gasteiger partial charge in [0, 0.05) is 0 Å². The average Bonchev–Trinajstić information content (AvgIpc) is 1.85. The number of nitrogens with two attached hydrogens (primary N) is 1. The number of hydrogen-bond acceptors (Lipinski definition) is 3. The Bertz CT molecular complexity index is 190. The highest BCUT2D eigenvalue weighted by atomic mass is 16.5. The lowest BCUT2D eigenvalue weighted by Gasteiger charge is -2.37. The first kappa shape index (κ1) is 8.27. The van der Waals surface area contributed by atoms with Crippen LogP contribution in [-0.2, 0) is 9.53 Å². The van der Waals surface area contributed by atoms with E-state index in [0.717, 1.165) is 5.57 Å². The standard InChI is InChI=1S/C8H13NO2/c1-3-11-7(10)8(9)4-6(2)5-8/h2-5,9H2,1H3. The summed E-state index contributed by atoms with van der Waals surface area (Å²) >= 11 is 0. The van der Waals surface area contributed by atoms with Gasteiger partial charge in [0.1, 0.15) is 5.54 Å². The molecule has 0 atom stereocenters. The maximum Gasteiger partial charge on any atom is 0.326 e. The number of rotatable bonds is 2. The molecule has 11 heavy (non-hydrogen) atoms. The zero-order valence-corrected chi connectivity index (χ0v) is 6.72. The summed E-state index contributed by atoms with van der Waals surface area (Å²) in [4.78, 5) is 11.1. The molecule has 0 aliphatic heterocycles. The summed E-state index contributed by atoms with van der Waals surface area (Å²) in [6.45, 7) is 5.88. The van der Waals surface area contributed by atoms with Crippen LogP contribution in [0.2, 0.25) is 0 Å². The summed E-state index contributed by atoms with van der Waals surface area (Å²) in [6, 6.07) is 0. The normalized spacial score (nSPS) is 20.7. The fourth-order valence-electron chi connectivity index (χ4n) is 1.26. The van der Waals surface area contributed by atoms with E-state index < -0.39 is 5.54 Å². The number of carbonyl (C=O) groups is 1. The van der Waals surface area contributed by atoms with Gasteiger partial charge in [0.2, 0.25) is 0 Å². The van der Waals surface area contributed by atoms with Crippen LogP contribution in [0.1, 0.15) is 19.8 Å². The molecule has 2 N–H and O–H groups in total. The van der Waals surface area contributed by atoms with E-state index in [0.29, 0.717) is 19.4 Å². The average molecular weight is 155 g/mol. The van der Waals surface area contributed by atoms with Crippen molar-refractivity contribution in [1.29, 1.82) is 0 Å². The molecule has 3 heteroatoms. The van der Waals surface area contributed by atoms with Gasteiger partial charge in [0.15, 0.2) is 0 Å². The molecule has 0 saturated heterocycles. The summed E-state index contributed by atoms with van der Waals surface area (Å²) in [5.74, 6) is -0.299. The largest absolute Gasteiger partial charge is 0.465 e. The van der Waals surface area contributed by atoms with E-state index in [2.05, 4.69) is 6.58 Å². The summed E-state index contributed by atoms with van der Waals surface area (Å²) < 4.78 is 4.79. The molecule has 0 radical (unpaired) electrons. The summed E-state index contributed by atoms with van der Waals surface area (Å²) in [5.41, 5.74) is 5.96. The summed E-state index contributed by atoms with van der Waals surface area (Å²) in [6.07, 6.45) is 1.15. The van der Waals surface area contributed by atoms with E-state index in [4.69, 9.17) is 10.5 Å². The van der Waals surface area contributed by atoms with E-state index in [1.54, 1.807) is 6.92 Å². The first-order valence-electron chi connectivity index (χ1n) is 3.71. The lowest BCUT2D eigenvalue weighted by molar-refractivity contribution is -0.151. The van der Waals surface area contributed by atoms with Gasteiger partial charge in [-0.05, 0) is 19.8 Å². The van der Waals surface area contributed by atoms with Crippen LogP contribution in [0, 0.1) is 0 Å². The highest BCUT2D eigenvalue weighted by molar-refractivity contribution is 5.83. The summed E-state index contributed by atoms with van der Waals surface area (Å²) in [5, 5.41) is 0. The first-order chi connectivity index (χ1) is 5.08. The molecule has 3 nitrogen and oxygen atoms in total. The molecule has 0 amide bonds. The van der Waals surface area contributed by atoms with Crippen molar-refractivity contribution in [1.82, 2.24) is 0 Å². The van der Waals surface area contributed by atoms with Crippen molar-refractivity contribution in [3.05, 3.63) is 12.2 Å². The van der Waals surface area contributed by atoms with E-state index >= 15 is 0 Å². The van der Waals surface area contributed by atoms with Crippen LogP contribution in [0.3, 0.4) is 0 Å². The summed E-state index contributed by atoms with van der Waals surface area (Å²) in [7, 11) is 0. The van der Waals surface area contributed by atoms with Crippen molar-refractivity contribution in [3.8, 4) is 0 Å². The van der Waals surface area contributed by atoms with Gasteiger partial charge in [-0.25, -0.2) is 0 Å². The number of carbonyl (C=O) groups excluding carboxylic acids is 1. The van der Waals surface area contributed by atoms with Crippen molar-refractivity contribution in [2.75, 3.05) is 6.61 Å². The number of hydrogen-bond donors (Lipinski definition) is 1. The van der Waals surface area contributed by atoms with Crippen molar-refractivity contribution < 1.29 is 9.53 Å². The second-order valence-electron chi connectivity index (χ2n) is 2.98. The van der Waals surface area contributed by atoms with Gasteiger partial charge in [-0.2, -0.15) is 0 Å². The molecule has 0 unspecified atom stereocenters. The molecule has 0 spiro atoms. The molecule has 1 rings (SSSR count). The zero-order valence-electron chi connectivity index (χ0n) is 6.72. The molecule has 1 aliphatic carbocycles. The predicted molar refractivity (Wildman–Crippen MR) is 41.9 cm³/mol. The Balaban J connectivity index is 2.47. The highest BCUT2D eigenvalue weighted by Crippen LogP contribution is 2.34. The molecule has 0 bridgehead atoms. The molecular weight excluding hydrogens is 142 g/mol. The topological polar surface area (TPSA) is 52.3 Å². The smallest absolute Gasteiger partial charge is 0.326 e. The van der Waals surface area contributed by atoms with Crippen LogP contribution in [0.15, 0.2) is 12.2 Å². The second-order valence-corrected chi connectivity index (χ2v) is 2.98. The molecule has 0 aromatic heterocycles. The van der Waals surface area contributed by atoms with E-state index in [1.165, 1.54) is 0 Å². The lowest BCUT2D eigenvalue weighted by atomic mass is 9.74. The van der Waals surface area contributed by atoms with Crippen molar-refractivity contribution in [3.63, 3.8) is 0 Å². The van der Waals surface area contributed by atoms with Crippen LogP contribution in [0.25, 0.3) is 0 Å². The van der Waals surface area contributed by atoms with Gasteiger partial charge >= 0.3 is 5.97 Å². The predicted octanol–water partition coefficient (Wildman–Crippen LogP) is 0.597. The number of ether oxygens (including phenoxy) is 1. The maximum atomic E-state index is 11.1. The Labute approximate surface area is 66.2 Å². The maximum absolute atomic E-state index is 11.1. The van der Waals surface area contributed by atoms with E-state index in [-0.39, 0.29) is 5.97 Å². The van der Waals surface area contributed by atoms with Gasteiger partial charge < -0.3 is 10.5 Å². The van der Waals surface area contributed by atoms with Crippen LogP contribution in [0.4, 0.5) is 0 Å². The SMILES string of the molecule is C=C1CC(N)(C(=O)OCC)C1. The molecule has 1 aliphatic rings. The van der Waals surface area contributed by atoms with Gasteiger partial charge in [-0.1, -0.05) is 12.2 Å². The molecular formula is C8H13NO2. The first-order valence-corrected chi connectivity index (χ1v) is 3.71. The van der Waals surface area contributed by atoms with Crippen molar-refractivity contribution in [2.45, 2.75) is 25.3 Å². The Hall–Kier alpha value is -0.830. The molecule has 0 aromatic rings. The Morgan fingerprint density at radius 2 is 2.36 bits per heavy atom. The third kappa shape index (κ3) is 1.43. The van der Waals surface area contributed by atoms with Crippen LogP contribution in [-0.4, -0.2) is 18.1 Å². The quantitative estimate of drug-likeness (QED) is 0.469. The second kappa shape index (κ2) is 2.66. The van der Waals surface area contributed by atoms with E-state index in [9.17, 15) is 4.79 Å². The highest BCUT2D eigenvalue weighted by Gasteiger charge is 2.43. The van der Waals surface area contributed by atoms with Gasteiger partial charge in [-0.3, -0.25) is 4.79 Å². The Morgan fingerprint density at radius 1 is 1.82 bits per heavy atom. The van der Waals surface area contributed by atoms with Gasteiger partial charge in [0.05, 0.1) is 6.61 Å². The van der Waals surface area contributed by atoms with Crippen LogP contribution in [0.5, 0.6) is 0 Å². The van der Waals surface area contributed by atoms with Crippen LogP contribution < -0.4 is 5.73 Å². The molecule has 1 saturated carbocycles. The molecule has 62 valence electrons. The Morgan fingerprint density at radius 3 is 2.73 bits per heavy atom. The molecule has 0 aromatic carbocycles. The zero-order chi connectivity index (χ0) is 8.48. The van der Waals surface area contributed by atoms with E-state index in [1.807, 2.05) is 0 Å².